The number of halogens is 1. The Morgan fingerprint density at radius 2 is 2.05 bits per heavy atom. The minimum atomic E-state index is -1.10. The third kappa shape index (κ3) is 2.02. The second kappa shape index (κ2) is 4.94. The zero-order valence-corrected chi connectivity index (χ0v) is 11.3. The monoisotopic (exact) mass is 290 g/mol. The molecule has 0 radical (unpaired) electrons. The predicted octanol–water partition coefficient (Wildman–Crippen LogP) is 2.28. The summed E-state index contributed by atoms with van der Waals surface area (Å²) in [6.45, 7) is 1.89. The van der Waals surface area contributed by atoms with Crippen LogP contribution in [0.4, 0.5) is 0 Å². The number of aromatic nitrogens is 2. The summed E-state index contributed by atoms with van der Waals surface area (Å²) in [4.78, 5) is 27.8. The number of hydrogen-bond donors (Lipinski definition) is 1. The van der Waals surface area contributed by atoms with Crippen molar-refractivity contribution in [3.63, 3.8) is 0 Å². The van der Waals surface area contributed by atoms with Crippen molar-refractivity contribution >= 4 is 34.9 Å². The van der Waals surface area contributed by atoms with E-state index in [1.54, 1.807) is 12.1 Å². The van der Waals surface area contributed by atoms with Crippen LogP contribution in [0.3, 0.4) is 0 Å². The van der Waals surface area contributed by atoms with Crippen molar-refractivity contribution in [3.05, 3.63) is 58.0 Å². The molecule has 0 saturated carbocycles. The van der Waals surface area contributed by atoms with E-state index in [0.717, 1.165) is 5.56 Å². The Morgan fingerprint density at radius 3 is 2.75 bits per heavy atom. The molecule has 0 fully saturated rings. The minimum absolute atomic E-state index is 0. The molecule has 0 spiro atoms. The SMILES string of the molecule is Cc1ccc2c(=O)n3cccc(C(=O)O)c3nc2c1.Cl. The molecule has 6 heteroatoms. The second-order valence-corrected chi connectivity index (χ2v) is 4.36. The molecule has 0 atom stereocenters. The molecule has 0 aliphatic heterocycles. The lowest BCUT2D eigenvalue weighted by atomic mass is 10.1. The quantitative estimate of drug-likeness (QED) is 0.698. The lowest BCUT2D eigenvalue weighted by Crippen LogP contribution is -2.17. The van der Waals surface area contributed by atoms with Crippen molar-refractivity contribution in [1.82, 2.24) is 9.38 Å². The van der Waals surface area contributed by atoms with Gasteiger partial charge in [0, 0.05) is 6.20 Å². The fraction of sp³-hybridized carbons (Fsp3) is 0.0714. The van der Waals surface area contributed by atoms with E-state index in [9.17, 15) is 9.59 Å². The number of pyridine rings is 1. The molecule has 3 rings (SSSR count). The smallest absolute Gasteiger partial charge is 0.339 e. The molecule has 0 unspecified atom stereocenters. The first kappa shape index (κ1) is 14.0. The van der Waals surface area contributed by atoms with E-state index in [2.05, 4.69) is 4.98 Å². The highest BCUT2D eigenvalue weighted by atomic mass is 35.5. The Balaban J connectivity index is 0.00000147. The van der Waals surface area contributed by atoms with Crippen LogP contribution in [0.25, 0.3) is 16.6 Å². The van der Waals surface area contributed by atoms with Gasteiger partial charge in [0.1, 0.15) is 5.56 Å². The Kier molecular flexibility index (Phi) is 3.46. The van der Waals surface area contributed by atoms with Crippen LogP contribution in [-0.4, -0.2) is 20.5 Å². The topological polar surface area (TPSA) is 71.7 Å². The van der Waals surface area contributed by atoms with Crippen LogP contribution in [0, 0.1) is 6.92 Å². The summed E-state index contributed by atoms with van der Waals surface area (Å²) in [5.41, 5.74) is 1.40. The van der Waals surface area contributed by atoms with E-state index in [1.165, 1.54) is 22.7 Å². The van der Waals surface area contributed by atoms with Crippen LogP contribution in [0.5, 0.6) is 0 Å². The summed E-state index contributed by atoms with van der Waals surface area (Å²) in [5, 5.41) is 9.62. The highest BCUT2D eigenvalue weighted by Crippen LogP contribution is 2.14. The van der Waals surface area contributed by atoms with Gasteiger partial charge in [-0.1, -0.05) is 6.07 Å². The molecule has 3 aromatic rings. The summed E-state index contributed by atoms with van der Waals surface area (Å²) in [6, 6.07) is 8.28. The highest BCUT2D eigenvalue weighted by Gasteiger charge is 2.12. The van der Waals surface area contributed by atoms with E-state index in [-0.39, 0.29) is 29.2 Å². The second-order valence-electron chi connectivity index (χ2n) is 4.36. The number of fused-ring (bicyclic) bond motifs is 2. The van der Waals surface area contributed by atoms with Crippen molar-refractivity contribution in [2.45, 2.75) is 6.92 Å². The Hall–Kier alpha value is -2.40. The highest BCUT2D eigenvalue weighted by molar-refractivity contribution is 5.95. The van der Waals surface area contributed by atoms with Gasteiger partial charge in [0.25, 0.3) is 5.56 Å². The van der Waals surface area contributed by atoms with Crippen LogP contribution in [-0.2, 0) is 0 Å². The molecular weight excluding hydrogens is 280 g/mol. The van der Waals surface area contributed by atoms with E-state index in [1.807, 2.05) is 13.0 Å². The molecule has 1 aromatic carbocycles. The standard InChI is InChI=1S/C14H10N2O3.ClH/c1-8-4-5-9-11(7-8)15-12-10(14(18)19)3-2-6-16(12)13(9)17;/h2-7H,1H3,(H,18,19);1H. The van der Waals surface area contributed by atoms with Crippen molar-refractivity contribution in [1.29, 1.82) is 0 Å². The first-order valence-electron chi connectivity index (χ1n) is 5.73. The number of rotatable bonds is 1. The summed E-state index contributed by atoms with van der Waals surface area (Å²) < 4.78 is 1.26. The lowest BCUT2D eigenvalue weighted by molar-refractivity contribution is 0.0698. The van der Waals surface area contributed by atoms with Crippen molar-refractivity contribution < 1.29 is 9.90 Å². The number of hydrogen-bond acceptors (Lipinski definition) is 3. The van der Waals surface area contributed by atoms with E-state index >= 15 is 0 Å². The molecule has 102 valence electrons. The average molecular weight is 291 g/mol. The van der Waals surface area contributed by atoms with Crippen LogP contribution >= 0.6 is 12.4 Å². The maximum atomic E-state index is 12.3. The lowest BCUT2D eigenvalue weighted by Gasteiger charge is -2.06. The predicted molar refractivity (Wildman–Crippen MR) is 77.9 cm³/mol. The molecule has 0 amide bonds. The van der Waals surface area contributed by atoms with Crippen LogP contribution in [0.2, 0.25) is 0 Å². The number of benzene rings is 1. The third-order valence-electron chi connectivity index (χ3n) is 3.03. The molecule has 1 N–H and O–H groups in total. The maximum absolute atomic E-state index is 12.3. The van der Waals surface area contributed by atoms with Crippen molar-refractivity contribution in [3.8, 4) is 0 Å². The van der Waals surface area contributed by atoms with Gasteiger partial charge in [-0.15, -0.1) is 12.4 Å². The number of aryl methyl sites for hydroxylation is 1. The summed E-state index contributed by atoms with van der Waals surface area (Å²) in [7, 11) is 0. The summed E-state index contributed by atoms with van der Waals surface area (Å²) in [6.07, 6.45) is 1.52. The minimum Gasteiger partial charge on any atom is -0.478 e. The number of carbonyl (C=O) groups is 1. The van der Waals surface area contributed by atoms with E-state index < -0.39 is 5.97 Å². The van der Waals surface area contributed by atoms with Gasteiger partial charge in [0.2, 0.25) is 0 Å². The van der Waals surface area contributed by atoms with Gasteiger partial charge in [-0.05, 0) is 36.8 Å². The van der Waals surface area contributed by atoms with Gasteiger partial charge in [-0.3, -0.25) is 9.20 Å². The van der Waals surface area contributed by atoms with Gasteiger partial charge < -0.3 is 5.11 Å². The summed E-state index contributed by atoms with van der Waals surface area (Å²) in [5.74, 6) is -1.10. The Labute approximate surface area is 119 Å². The van der Waals surface area contributed by atoms with Gasteiger partial charge >= 0.3 is 5.97 Å². The number of carboxylic acids is 1. The first-order valence-corrected chi connectivity index (χ1v) is 5.73. The largest absolute Gasteiger partial charge is 0.478 e. The Bertz CT molecular complexity index is 887. The maximum Gasteiger partial charge on any atom is 0.339 e. The summed E-state index contributed by atoms with van der Waals surface area (Å²) >= 11 is 0. The van der Waals surface area contributed by atoms with Gasteiger partial charge in [0.15, 0.2) is 5.65 Å². The number of carboxylic acid groups (broad SMARTS) is 1. The van der Waals surface area contributed by atoms with Gasteiger partial charge in [-0.2, -0.15) is 0 Å². The zero-order valence-electron chi connectivity index (χ0n) is 10.5. The van der Waals surface area contributed by atoms with Crippen LogP contribution < -0.4 is 5.56 Å². The van der Waals surface area contributed by atoms with E-state index in [4.69, 9.17) is 5.11 Å². The average Bonchev–Trinajstić information content (AvgIpc) is 2.37. The normalized spacial score (nSPS) is 10.4. The van der Waals surface area contributed by atoms with Crippen LogP contribution in [0.1, 0.15) is 15.9 Å². The molecule has 0 aliphatic carbocycles. The van der Waals surface area contributed by atoms with Gasteiger partial charge in [-0.25, -0.2) is 9.78 Å². The van der Waals surface area contributed by atoms with Crippen molar-refractivity contribution in [2.24, 2.45) is 0 Å². The molecule has 20 heavy (non-hydrogen) atoms. The van der Waals surface area contributed by atoms with Crippen LogP contribution in [0.15, 0.2) is 41.3 Å². The Morgan fingerprint density at radius 1 is 1.30 bits per heavy atom. The fourth-order valence-corrected chi connectivity index (χ4v) is 2.10. The molecule has 2 aromatic heterocycles. The molecular formula is C14H11ClN2O3. The number of aromatic carboxylic acids is 1. The third-order valence-corrected chi connectivity index (χ3v) is 3.03. The zero-order chi connectivity index (χ0) is 13.6. The van der Waals surface area contributed by atoms with Gasteiger partial charge in [0.05, 0.1) is 10.9 Å². The molecule has 2 heterocycles. The molecule has 0 aliphatic rings. The van der Waals surface area contributed by atoms with E-state index in [0.29, 0.717) is 10.9 Å². The molecule has 0 bridgehead atoms. The molecule has 5 nitrogen and oxygen atoms in total. The first-order chi connectivity index (χ1) is 9.08. The molecule has 0 saturated heterocycles. The number of nitrogens with zero attached hydrogens (tertiary/aromatic N) is 2. The van der Waals surface area contributed by atoms with Crippen molar-refractivity contribution in [2.75, 3.05) is 0 Å². The fourth-order valence-electron chi connectivity index (χ4n) is 2.10.